The number of unbranched alkanes of at least 4 members (excludes halogenated alkanes) is 1. The average molecular weight is 296 g/mol. The zero-order chi connectivity index (χ0) is 12.7. The highest BCUT2D eigenvalue weighted by Crippen LogP contribution is 2.22. The van der Waals surface area contributed by atoms with Crippen LogP contribution in [-0.2, 0) is 10.0 Å². The summed E-state index contributed by atoms with van der Waals surface area (Å²) in [7, 11) is -3.19. The number of nitrogens with one attached hydrogen (secondary N) is 1. The van der Waals surface area contributed by atoms with Crippen LogP contribution in [-0.4, -0.2) is 20.1 Å². The first-order chi connectivity index (χ1) is 8.09. The first-order valence-electron chi connectivity index (χ1n) is 5.68. The maximum absolute atomic E-state index is 11.8. The summed E-state index contributed by atoms with van der Waals surface area (Å²) < 4.78 is 26.4. The third-order valence-corrected chi connectivity index (χ3v) is 5.14. The molecule has 0 aromatic carbocycles. The topological polar surface area (TPSA) is 46.2 Å². The molecule has 98 valence electrons. The van der Waals surface area contributed by atoms with Crippen molar-refractivity contribution in [3.05, 3.63) is 22.4 Å². The van der Waals surface area contributed by atoms with E-state index in [2.05, 4.69) is 4.72 Å². The third-order valence-electron chi connectivity index (χ3n) is 2.41. The highest BCUT2D eigenvalue weighted by atomic mass is 35.5. The second kappa shape index (κ2) is 7.36. The van der Waals surface area contributed by atoms with Crippen molar-refractivity contribution in [3.8, 4) is 0 Å². The molecule has 17 heavy (non-hydrogen) atoms. The molecule has 0 saturated carbocycles. The second-order valence-electron chi connectivity index (χ2n) is 3.81. The van der Waals surface area contributed by atoms with Gasteiger partial charge in [0.1, 0.15) is 0 Å². The van der Waals surface area contributed by atoms with Crippen LogP contribution in [0.4, 0.5) is 0 Å². The maximum Gasteiger partial charge on any atom is 0.212 e. The summed E-state index contributed by atoms with van der Waals surface area (Å²) >= 11 is 7.11. The summed E-state index contributed by atoms with van der Waals surface area (Å²) in [6.45, 7) is 1.98. The maximum atomic E-state index is 11.8. The molecule has 1 rings (SSSR count). The summed E-state index contributed by atoms with van der Waals surface area (Å²) in [4.78, 5) is 1.06. The SMILES string of the molecule is CCC(NS(=O)(=O)CCCCCl)c1cccs1. The fraction of sp³-hybridized carbons (Fsp3) is 0.636. The fourth-order valence-corrected chi connectivity index (χ4v) is 4.05. The van der Waals surface area contributed by atoms with Crippen LogP contribution in [0.25, 0.3) is 0 Å². The molecule has 3 nitrogen and oxygen atoms in total. The van der Waals surface area contributed by atoms with Gasteiger partial charge in [0.2, 0.25) is 10.0 Å². The molecule has 1 unspecified atom stereocenters. The molecule has 0 aliphatic rings. The molecule has 6 heteroatoms. The lowest BCUT2D eigenvalue weighted by Crippen LogP contribution is -2.30. The number of hydrogen-bond acceptors (Lipinski definition) is 3. The molecule has 0 spiro atoms. The molecule has 0 bridgehead atoms. The first-order valence-corrected chi connectivity index (χ1v) is 8.75. The average Bonchev–Trinajstić information content (AvgIpc) is 2.79. The van der Waals surface area contributed by atoms with Crippen molar-refractivity contribution in [1.82, 2.24) is 4.72 Å². The van der Waals surface area contributed by atoms with Crippen LogP contribution in [0, 0.1) is 0 Å². The van der Waals surface area contributed by atoms with E-state index in [0.29, 0.717) is 12.3 Å². The minimum absolute atomic E-state index is 0.101. The molecule has 0 amide bonds. The van der Waals surface area contributed by atoms with Crippen molar-refractivity contribution in [1.29, 1.82) is 0 Å². The molecule has 0 aliphatic carbocycles. The van der Waals surface area contributed by atoms with Gasteiger partial charge in [-0.3, -0.25) is 0 Å². The van der Waals surface area contributed by atoms with Gasteiger partial charge in [0.05, 0.1) is 11.8 Å². The van der Waals surface area contributed by atoms with E-state index in [1.807, 2.05) is 24.4 Å². The number of thiophene rings is 1. The Kier molecular flexibility index (Phi) is 6.48. The molecule has 0 radical (unpaired) electrons. The van der Waals surface area contributed by atoms with Crippen molar-refractivity contribution in [2.45, 2.75) is 32.2 Å². The largest absolute Gasteiger partial charge is 0.212 e. The van der Waals surface area contributed by atoms with Crippen LogP contribution in [0.15, 0.2) is 17.5 Å². The normalized spacial score (nSPS) is 13.8. The number of sulfonamides is 1. The Morgan fingerprint density at radius 2 is 2.24 bits per heavy atom. The van der Waals surface area contributed by atoms with Gasteiger partial charge in [-0.2, -0.15) is 0 Å². The lowest BCUT2D eigenvalue weighted by molar-refractivity contribution is 0.550. The molecule has 0 aliphatic heterocycles. The summed E-state index contributed by atoms with van der Waals surface area (Å²) in [6, 6.07) is 3.79. The predicted molar refractivity (Wildman–Crippen MR) is 74.2 cm³/mol. The van der Waals surface area contributed by atoms with Crippen LogP contribution in [0.1, 0.15) is 37.1 Å². The zero-order valence-electron chi connectivity index (χ0n) is 9.86. The second-order valence-corrected chi connectivity index (χ2v) is 7.04. The Morgan fingerprint density at radius 1 is 1.47 bits per heavy atom. The van der Waals surface area contributed by atoms with E-state index in [0.717, 1.165) is 17.7 Å². The Hall–Kier alpha value is -0.100. The quantitative estimate of drug-likeness (QED) is 0.591. The molecule has 1 N–H and O–H groups in total. The Labute approximate surface area is 112 Å². The van der Waals surface area contributed by atoms with Gasteiger partial charge in [0.25, 0.3) is 0 Å². The van der Waals surface area contributed by atoms with Crippen molar-refractivity contribution < 1.29 is 8.42 Å². The third kappa shape index (κ3) is 5.38. The van der Waals surface area contributed by atoms with Crippen LogP contribution in [0.5, 0.6) is 0 Å². The Morgan fingerprint density at radius 3 is 2.76 bits per heavy atom. The molecular weight excluding hydrogens is 278 g/mol. The fourth-order valence-electron chi connectivity index (χ4n) is 1.49. The van der Waals surface area contributed by atoms with Crippen LogP contribution in [0.3, 0.4) is 0 Å². The minimum atomic E-state index is -3.19. The van der Waals surface area contributed by atoms with Gasteiger partial charge in [-0.25, -0.2) is 13.1 Å². The summed E-state index contributed by atoms with van der Waals surface area (Å²) in [5.74, 6) is 0.666. The molecule has 0 saturated heterocycles. The van der Waals surface area contributed by atoms with E-state index in [-0.39, 0.29) is 11.8 Å². The van der Waals surface area contributed by atoms with E-state index < -0.39 is 10.0 Å². The van der Waals surface area contributed by atoms with Gasteiger partial charge in [-0.1, -0.05) is 13.0 Å². The zero-order valence-corrected chi connectivity index (χ0v) is 12.2. The molecular formula is C11H18ClNO2S2. The lowest BCUT2D eigenvalue weighted by Gasteiger charge is -2.15. The van der Waals surface area contributed by atoms with Crippen molar-refractivity contribution >= 4 is 33.0 Å². The Balaban J connectivity index is 2.56. The number of hydrogen-bond donors (Lipinski definition) is 1. The van der Waals surface area contributed by atoms with Gasteiger partial charge in [-0.05, 0) is 30.7 Å². The van der Waals surface area contributed by atoms with Gasteiger partial charge < -0.3 is 0 Å². The van der Waals surface area contributed by atoms with Gasteiger partial charge in [0.15, 0.2) is 0 Å². The lowest BCUT2D eigenvalue weighted by atomic mass is 10.2. The van der Waals surface area contributed by atoms with Crippen molar-refractivity contribution in [2.75, 3.05) is 11.6 Å². The molecule has 1 heterocycles. The van der Waals surface area contributed by atoms with Crippen LogP contribution in [0.2, 0.25) is 0 Å². The van der Waals surface area contributed by atoms with Crippen molar-refractivity contribution in [2.24, 2.45) is 0 Å². The summed E-state index contributed by atoms with van der Waals surface area (Å²) in [5.41, 5.74) is 0. The van der Waals surface area contributed by atoms with Gasteiger partial charge in [-0.15, -0.1) is 22.9 Å². The standard InChI is InChI=1S/C11H18ClNO2S2/c1-2-10(11-6-5-8-16-11)13-17(14,15)9-4-3-7-12/h5-6,8,10,13H,2-4,7,9H2,1H3. The van der Waals surface area contributed by atoms with E-state index in [1.54, 1.807) is 11.3 Å². The van der Waals surface area contributed by atoms with E-state index >= 15 is 0 Å². The molecule has 0 fully saturated rings. The highest BCUT2D eigenvalue weighted by molar-refractivity contribution is 7.89. The number of halogens is 1. The predicted octanol–water partition coefficient (Wildman–Crippen LogP) is 3.14. The summed E-state index contributed by atoms with van der Waals surface area (Å²) in [5, 5.41) is 1.96. The van der Waals surface area contributed by atoms with E-state index in [1.165, 1.54) is 0 Å². The van der Waals surface area contributed by atoms with Crippen LogP contribution < -0.4 is 4.72 Å². The van der Waals surface area contributed by atoms with E-state index in [4.69, 9.17) is 11.6 Å². The summed E-state index contributed by atoms with van der Waals surface area (Å²) in [6.07, 6.45) is 2.10. The van der Waals surface area contributed by atoms with Crippen molar-refractivity contribution in [3.63, 3.8) is 0 Å². The van der Waals surface area contributed by atoms with Crippen LogP contribution >= 0.6 is 22.9 Å². The smallest absolute Gasteiger partial charge is 0.212 e. The van der Waals surface area contributed by atoms with Gasteiger partial charge >= 0.3 is 0 Å². The molecule has 1 aromatic heterocycles. The Bertz CT molecular complexity index is 403. The van der Waals surface area contributed by atoms with E-state index in [9.17, 15) is 8.42 Å². The van der Waals surface area contributed by atoms with Gasteiger partial charge in [0, 0.05) is 10.8 Å². The number of rotatable bonds is 8. The number of alkyl halides is 1. The first kappa shape index (κ1) is 15.0. The molecule has 1 atom stereocenters. The monoisotopic (exact) mass is 295 g/mol. The minimum Gasteiger partial charge on any atom is -0.212 e. The molecule has 1 aromatic rings. The highest BCUT2D eigenvalue weighted by Gasteiger charge is 2.18.